The maximum Gasteiger partial charge on any atom is 0.243 e. The van der Waals surface area contributed by atoms with Crippen LogP contribution in [0, 0.1) is 0 Å². The molecule has 0 spiro atoms. The number of guanidine groups is 1. The second-order valence-corrected chi connectivity index (χ2v) is 7.62. The number of aliphatic imine (C=N–C) groups is 1. The van der Waals surface area contributed by atoms with Gasteiger partial charge in [0.15, 0.2) is 5.96 Å². The molecule has 0 aliphatic rings. The molecule has 0 radical (unpaired) electrons. The molecule has 0 aliphatic heterocycles. The third-order valence-corrected chi connectivity index (χ3v) is 5.55. The molecule has 1 aromatic carbocycles. The third kappa shape index (κ3) is 7.33. The summed E-state index contributed by atoms with van der Waals surface area (Å²) in [6, 6.07) is 6.76. The zero-order chi connectivity index (χ0) is 18.2. The van der Waals surface area contributed by atoms with E-state index in [1.807, 2.05) is 20.8 Å². The van der Waals surface area contributed by atoms with Crippen molar-refractivity contribution in [2.45, 2.75) is 38.3 Å². The zero-order valence-electron chi connectivity index (χ0n) is 15.3. The van der Waals surface area contributed by atoms with E-state index in [1.165, 1.54) is 4.31 Å². The van der Waals surface area contributed by atoms with E-state index in [-0.39, 0.29) is 30.0 Å². The highest BCUT2D eigenvalue weighted by Gasteiger charge is 2.22. The zero-order valence-corrected chi connectivity index (χ0v) is 18.5. The number of nitrogens with zero attached hydrogens (tertiary/aromatic N) is 2. The SMILES string of the molecule is C=CCNC(=NCc1ccc(S(=O)(=O)N(C)C(C)C)cc1)NCC.I. The van der Waals surface area contributed by atoms with Crippen molar-refractivity contribution in [1.29, 1.82) is 0 Å². The Bertz CT molecular complexity index is 658. The van der Waals surface area contributed by atoms with Crippen LogP contribution in [0.5, 0.6) is 0 Å². The lowest BCUT2D eigenvalue weighted by molar-refractivity contribution is 0.410. The van der Waals surface area contributed by atoms with Crippen LogP contribution in [0.3, 0.4) is 0 Å². The van der Waals surface area contributed by atoms with Gasteiger partial charge in [-0.1, -0.05) is 18.2 Å². The maximum atomic E-state index is 12.4. The molecular formula is C17H29IN4O2S. The van der Waals surface area contributed by atoms with Crippen LogP contribution in [0.2, 0.25) is 0 Å². The molecule has 6 nitrogen and oxygen atoms in total. The number of sulfonamides is 1. The van der Waals surface area contributed by atoms with E-state index in [9.17, 15) is 8.42 Å². The first-order chi connectivity index (χ1) is 11.3. The van der Waals surface area contributed by atoms with Gasteiger partial charge in [-0.15, -0.1) is 30.6 Å². The van der Waals surface area contributed by atoms with Crippen molar-refractivity contribution in [3.8, 4) is 0 Å². The Hall–Kier alpha value is -1.13. The first-order valence-corrected chi connectivity index (χ1v) is 9.47. The van der Waals surface area contributed by atoms with Gasteiger partial charge in [-0.2, -0.15) is 4.31 Å². The van der Waals surface area contributed by atoms with Gasteiger partial charge in [0.25, 0.3) is 0 Å². The highest BCUT2D eigenvalue weighted by atomic mass is 127. The summed E-state index contributed by atoms with van der Waals surface area (Å²) in [5, 5.41) is 6.26. The van der Waals surface area contributed by atoms with Gasteiger partial charge in [0.1, 0.15) is 0 Å². The molecule has 8 heteroatoms. The highest BCUT2D eigenvalue weighted by molar-refractivity contribution is 14.0. The summed E-state index contributed by atoms with van der Waals surface area (Å²) in [5.74, 6) is 0.702. The van der Waals surface area contributed by atoms with Gasteiger partial charge >= 0.3 is 0 Å². The standard InChI is InChI=1S/C17H28N4O2S.HI/c1-6-12-19-17(18-7-2)20-13-15-8-10-16(11-9-15)24(22,23)21(5)14(3)4;/h6,8-11,14H,1,7,12-13H2,2-5H3,(H2,18,19,20);1H. The first-order valence-electron chi connectivity index (χ1n) is 8.03. The van der Waals surface area contributed by atoms with Crippen LogP contribution in [0.15, 0.2) is 46.8 Å². The van der Waals surface area contributed by atoms with E-state index < -0.39 is 10.0 Å². The van der Waals surface area contributed by atoms with Crippen LogP contribution >= 0.6 is 24.0 Å². The Morgan fingerprint density at radius 3 is 2.36 bits per heavy atom. The van der Waals surface area contributed by atoms with Gasteiger partial charge in [0, 0.05) is 26.2 Å². The number of nitrogens with one attached hydrogen (secondary N) is 2. The quantitative estimate of drug-likeness (QED) is 0.260. The second kappa shape index (κ2) is 11.5. The smallest absolute Gasteiger partial charge is 0.243 e. The molecule has 0 aromatic heterocycles. The van der Waals surface area contributed by atoms with E-state index in [4.69, 9.17) is 0 Å². The van der Waals surface area contributed by atoms with Gasteiger partial charge in [0.05, 0.1) is 11.4 Å². The van der Waals surface area contributed by atoms with Crippen molar-refractivity contribution in [3.63, 3.8) is 0 Å². The number of halogens is 1. The van der Waals surface area contributed by atoms with E-state index in [2.05, 4.69) is 22.2 Å². The molecule has 0 atom stereocenters. The summed E-state index contributed by atoms with van der Waals surface area (Å²) >= 11 is 0. The maximum absolute atomic E-state index is 12.4. The van der Waals surface area contributed by atoms with Crippen LogP contribution in [0.4, 0.5) is 0 Å². The molecule has 142 valence electrons. The minimum Gasteiger partial charge on any atom is -0.357 e. The van der Waals surface area contributed by atoms with Crippen LogP contribution in [0.1, 0.15) is 26.3 Å². The topological polar surface area (TPSA) is 73.8 Å². The fourth-order valence-corrected chi connectivity index (χ4v) is 3.26. The summed E-state index contributed by atoms with van der Waals surface area (Å²) in [4.78, 5) is 4.76. The van der Waals surface area contributed by atoms with E-state index in [0.29, 0.717) is 23.9 Å². The van der Waals surface area contributed by atoms with E-state index in [0.717, 1.165) is 12.1 Å². The van der Waals surface area contributed by atoms with Crippen molar-refractivity contribution in [3.05, 3.63) is 42.5 Å². The summed E-state index contributed by atoms with van der Waals surface area (Å²) in [6.07, 6.45) is 1.76. The molecule has 1 aromatic rings. The lowest BCUT2D eigenvalue weighted by atomic mass is 10.2. The van der Waals surface area contributed by atoms with Gasteiger partial charge in [-0.25, -0.2) is 13.4 Å². The summed E-state index contributed by atoms with van der Waals surface area (Å²) < 4.78 is 26.2. The highest BCUT2D eigenvalue weighted by Crippen LogP contribution is 2.17. The molecule has 1 rings (SSSR count). The van der Waals surface area contributed by atoms with Gasteiger partial charge in [0.2, 0.25) is 10.0 Å². The van der Waals surface area contributed by atoms with E-state index in [1.54, 1.807) is 37.4 Å². The summed E-state index contributed by atoms with van der Waals surface area (Å²) in [6.45, 7) is 11.2. The minimum atomic E-state index is -3.45. The number of hydrogen-bond donors (Lipinski definition) is 2. The Labute approximate surface area is 168 Å². The number of rotatable bonds is 8. The Kier molecular flexibility index (Phi) is 11.0. The molecule has 0 aliphatic carbocycles. The average Bonchev–Trinajstić information content (AvgIpc) is 2.56. The lowest BCUT2D eigenvalue weighted by Gasteiger charge is -2.21. The molecule has 2 N–H and O–H groups in total. The molecule has 0 unspecified atom stereocenters. The minimum absolute atomic E-state index is 0. The van der Waals surface area contributed by atoms with Crippen LogP contribution in [0.25, 0.3) is 0 Å². The molecule has 25 heavy (non-hydrogen) atoms. The molecular weight excluding hydrogens is 451 g/mol. The number of hydrogen-bond acceptors (Lipinski definition) is 3. The van der Waals surface area contributed by atoms with Gasteiger partial charge in [-0.3, -0.25) is 0 Å². The predicted molar refractivity (Wildman–Crippen MR) is 115 cm³/mol. The fourth-order valence-electron chi connectivity index (χ4n) is 1.89. The average molecular weight is 480 g/mol. The van der Waals surface area contributed by atoms with Crippen molar-refractivity contribution in [1.82, 2.24) is 14.9 Å². The molecule has 0 amide bonds. The molecule has 0 bridgehead atoms. The Balaban J connectivity index is 0.00000576. The van der Waals surface area contributed by atoms with Crippen molar-refractivity contribution in [2.75, 3.05) is 20.1 Å². The summed E-state index contributed by atoms with van der Waals surface area (Å²) in [5.41, 5.74) is 0.942. The van der Waals surface area contributed by atoms with Crippen LogP contribution in [-0.2, 0) is 16.6 Å². The molecule has 0 saturated carbocycles. The largest absolute Gasteiger partial charge is 0.357 e. The first kappa shape index (κ1) is 23.9. The van der Waals surface area contributed by atoms with E-state index >= 15 is 0 Å². The van der Waals surface area contributed by atoms with Crippen molar-refractivity contribution in [2.24, 2.45) is 4.99 Å². The second-order valence-electron chi connectivity index (χ2n) is 5.62. The van der Waals surface area contributed by atoms with Gasteiger partial charge < -0.3 is 10.6 Å². The molecule has 0 saturated heterocycles. The fraction of sp³-hybridized carbons (Fsp3) is 0.471. The third-order valence-electron chi connectivity index (χ3n) is 3.51. The van der Waals surface area contributed by atoms with Crippen LogP contribution < -0.4 is 10.6 Å². The molecule has 0 fully saturated rings. The van der Waals surface area contributed by atoms with Gasteiger partial charge in [-0.05, 0) is 38.5 Å². The van der Waals surface area contributed by atoms with Crippen molar-refractivity contribution < 1.29 is 8.42 Å². The monoisotopic (exact) mass is 480 g/mol. The summed E-state index contributed by atoms with van der Waals surface area (Å²) in [7, 11) is -1.86. The Morgan fingerprint density at radius 1 is 1.28 bits per heavy atom. The predicted octanol–water partition coefficient (Wildman–Crippen LogP) is 2.57. The van der Waals surface area contributed by atoms with Crippen molar-refractivity contribution >= 4 is 40.0 Å². The Morgan fingerprint density at radius 2 is 1.88 bits per heavy atom. The normalized spacial score (nSPS) is 12.0. The number of benzene rings is 1. The van der Waals surface area contributed by atoms with Crippen LogP contribution in [-0.4, -0.2) is 44.9 Å². The lowest BCUT2D eigenvalue weighted by Crippen LogP contribution is -2.37. The molecule has 0 heterocycles.